The van der Waals surface area contributed by atoms with E-state index in [9.17, 15) is 9.59 Å². The summed E-state index contributed by atoms with van der Waals surface area (Å²) in [6, 6.07) is 17.0. The molecule has 4 nitrogen and oxygen atoms in total. The predicted octanol–water partition coefficient (Wildman–Crippen LogP) is 2.74. The quantitative estimate of drug-likeness (QED) is 0.942. The molecule has 0 aliphatic carbocycles. The van der Waals surface area contributed by atoms with E-state index in [2.05, 4.69) is 5.32 Å². The molecule has 2 amide bonds. The zero-order chi connectivity index (χ0) is 15.4. The molecular weight excluding hydrogens is 276 g/mol. The Morgan fingerprint density at radius 2 is 1.91 bits per heavy atom. The Morgan fingerprint density at radius 3 is 2.64 bits per heavy atom. The molecule has 3 rings (SSSR count). The summed E-state index contributed by atoms with van der Waals surface area (Å²) in [5.41, 5.74) is 2.43. The topological polar surface area (TPSA) is 49.4 Å². The summed E-state index contributed by atoms with van der Waals surface area (Å²) in [5.74, 6) is -0.000748. The third-order valence-corrected chi connectivity index (χ3v) is 3.79. The molecule has 22 heavy (non-hydrogen) atoms. The number of hydrogen-bond acceptors (Lipinski definition) is 2. The van der Waals surface area contributed by atoms with Crippen LogP contribution in [-0.2, 0) is 11.3 Å². The first-order chi connectivity index (χ1) is 10.7. The largest absolute Gasteiger partial charge is 0.348 e. The maximum Gasteiger partial charge on any atom is 0.251 e. The van der Waals surface area contributed by atoms with Gasteiger partial charge < -0.3 is 10.2 Å². The molecular formula is C18H18N2O2. The second-order valence-electron chi connectivity index (χ2n) is 5.37. The molecule has 0 saturated carbocycles. The standard InChI is InChI=1S/C18H18N2O2/c21-17-10-5-11-20(17)16-9-4-8-15(12-16)18(22)19-13-14-6-2-1-3-7-14/h1-4,6-9,12H,5,10-11,13H2,(H,19,22). The second kappa shape index (κ2) is 6.43. The number of carbonyl (C=O) groups excluding carboxylic acids is 2. The van der Waals surface area contributed by atoms with E-state index >= 15 is 0 Å². The molecule has 112 valence electrons. The van der Waals surface area contributed by atoms with E-state index in [1.165, 1.54) is 0 Å². The number of anilines is 1. The van der Waals surface area contributed by atoms with Crippen LogP contribution < -0.4 is 10.2 Å². The Balaban J connectivity index is 1.69. The molecule has 0 bridgehead atoms. The van der Waals surface area contributed by atoms with Crippen LogP contribution in [0.15, 0.2) is 54.6 Å². The molecule has 1 aliphatic heterocycles. The van der Waals surface area contributed by atoms with Gasteiger partial charge in [0, 0.05) is 30.8 Å². The number of hydrogen-bond donors (Lipinski definition) is 1. The number of benzene rings is 2. The Labute approximate surface area is 129 Å². The van der Waals surface area contributed by atoms with Crippen LogP contribution in [0.1, 0.15) is 28.8 Å². The van der Waals surface area contributed by atoms with Crippen molar-refractivity contribution in [3.8, 4) is 0 Å². The highest BCUT2D eigenvalue weighted by Crippen LogP contribution is 2.22. The molecule has 0 atom stereocenters. The smallest absolute Gasteiger partial charge is 0.251 e. The Kier molecular flexibility index (Phi) is 4.19. The average molecular weight is 294 g/mol. The number of nitrogens with zero attached hydrogens (tertiary/aromatic N) is 1. The van der Waals surface area contributed by atoms with Gasteiger partial charge in [-0.3, -0.25) is 9.59 Å². The Bertz CT molecular complexity index is 682. The van der Waals surface area contributed by atoms with Gasteiger partial charge in [0.15, 0.2) is 0 Å². The van der Waals surface area contributed by atoms with E-state index in [-0.39, 0.29) is 11.8 Å². The molecule has 4 heteroatoms. The SMILES string of the molecule is O=C(NCc1ccccc1)c1cccc(N2CCCC2=O)c1. The summed E-state index contributed by atoms with van der Waals surface area (Å²) < 4.78 is 0. The molecule has 0 unspecified atom stereocenters. The molecule has 1 aliphatic rings. The lowest BCUT2D eigenvalue weighted by atomic mass is 10.1. The highest BCUT2D eigenvalue weighted by atomic mass is 16.2. The molecule has 0 aromatic heterocycles. The third kappa shape index (κ3) is 3.17. The van der Waals surface area contributed by atoms with Crippen molar-refractivity contribution in [3.05, 3.63) is 65.7 Å². The lowest BCUT2D eigenvalue weighted by molar-refractivity contribution is -0.117. The van der Waals surface area contributed by atoms with Gasteiger partial charge in [0.05, 0.1) is 0 Å². The van der Waals surface area contributed by atoms with E-state index in [1.54, 1.807) is 17.0 Å². The summed E-state index contributed by atoms with van der Waals surface area (Å²) in [6.45, 7) is 1.22. The lowest BCUT2D eigenvalue weighted by Crippen LogP contribution is -2.25. The molecule has 1 heterocycles. The highest BCUT2D eigenvalue weighted by molar-refractivity contribution is 5.99. The fourth-order valence-corrected chi connectivity index (χ4v) is 2.62. The first kappa shape index (κ1) is 14.3. The summed E-state index contributed by atoms with van der Waals surface area (Å²) in [4.78, 5) is 25.8. The van der Waals surface area contributed by atoms with Crippen LogP contribution in [0.25, 0.3) is 0 Å². The third-order valence-electron chi connectivity index (χ3n) is 3.79. The van der Waals surface area contributed by atoms with Crippen molar-refractivity contribution in [2.24, 2.45) is 0 Å². The van der Waals surface area contributed by atoms with Gasteiger partial charge in [0.25, 0.3) is 5.91 Å². The minimum Gasteiger partial charge on any atom is -0.348 e. The van der Waals surface area contributed by atoms with Gasteiger partial charge in [-0.05, 0) is 30.2 Å². The lowest BCUT2D eigenvalue weighted by Gasteiger charge is -2.16. The van der Waals surface area contributed by atoms with Crippen molar-refractivity contribution in [1.82, 2.24) is 5.32 Å². The van der Waals surface area contributed by atoms with Crippen molar-refractivity contribution < 1.29 is 9.59 Å². The summed E-state index contributed by atoms with van der Waals surface area (Å²) >= 11 is 0. The zero-order valence-corrected chi connectivity index (χ0v) is 12.3. The van der Waals surface area contributed by atoms with E-state index in [1.807, 2.05) is 42.5 Å². The monoisotopic (exact) mass is 294 g/mol. The average Bonchev–Trinajstić information content (AvgIpc) is 3.00. The van der Waals surface area contributed by atoms with Gasteiger partial charge in [0.1, 0.15) is 0 Å². The van der Waals surface area contributed by atoms with Gasteiger partial charge in [-0.2, -0.15) is 0 Å². The van der Waals surface area contributed by atoms with Gasteiger partial charge in [0.2, 0.25) is 5.91 Å². The van der Waals surface area contributed by atoms with Crippen molar-refractivity contribution >= 4 is 17.5 Å². The van der Waals surface area contributed by atoms with Crippen LogP contribution in [0.5, 0.6) is 0 Å². The minimum atomic E-state index is -0.127. The van der Waals surface area contributed by atoms with Gasteiger partial charge in [-0.1, -0.05) is 36.4 Å². The molecule has 1 N–H and O–H groups in total. The molecule has 0 radical (unpaired) electrons. The van der Waals surface area contributed by atoms with Crippen molar-refractivity contribution in [1.29, 1.82) is 0 Å². The number of nitrogens with one attached hydrogen (secondary N) is 1. The van der Waals surface area contributed by atoms with Crippen molar-refractivity contribution in [2.75, 3.05) is 11.4 Å². The predicted molar refractivity (Wildman–Crippen MR) is 85.6 cm³/mol. The highest BCUT2D eigenvalue weighted by Gasteiger charge is 2.22. The molecule has 1 saturated heterocycles. The van der Waals surface area contributed by atoms with Gasteiger partial charge in [-0.15, -0.1) is 0 Å². The van der Waals surface area contributed by atoms with E-state index in [4.69, 9.17) is 0 Å². The maximum atomic E-state index is 12.3. The normalized spacial score (nSPS) is 14.2. The molecule has 2 aromatic carbocycles. The molecule has 1 fully saturated rings. The first-order valence-corrected chi connectivity index (χ1v) is 7.46. The minimum absolute atomic E-state index is 0.127. The van der Waals surface area contributed by atoms with Crippen LogP contribution in [-0.4, -0.2) is 18.4 Å². The molecule has 2 aromatic rings. The van der Waals surface area contributed by atoms with Crippen LogP contribution >= 0.6 is 0 Å². The maximum absolute atomic E-state index is 12.3. The number of rotatable bonds is 4. The fourth-order valence-electron chi connectivity index (χ4n) is 2.62. The fraction of sp³-hybridized carbons (Fsp3) is 0.222. The van der Waals surface area contributed by atoms with Crippen LogP contribution in [0.4, 0.5) is 5.69 Å². The first-order valence-electron chi connectivity index (χ1n) is 7.46. The van der Waals surface area contributed by atoms with Crippen LogP contribution in [0, 0.1) is 0 Å². The number of carbonyl (C=O) groups is 2. The van der Waals surface area contributed by atoms with Crippen LogP contribution in [0.3, 0.4) is 0 Å². The van der Waals surface area contributed by atoms with Gasteiger partial charge in [-0.25, -0.2) is 0 Å². The summed E-state index contributed by atoms with van der Waals surface area (Å²) in [5, 5.41) is 2.90. The zero-order valence-electron chi connectivity index (χ0n) is 12.3. The number of amides is 2. The molecule has 0 spiro atoms. The van der Waals surface area contributed by atoms with E-state index < -0.39 is 0 Å². The van der Waals surface area contributed by atoms with Gasteiger partial charge >= 0.3 is 0 Å². The van der Waals surface area contributed by atoms with Crippen LogP contribution in [0.2, 0.25) is 0 Å². The Morgan fingerprint density at radius 1 is 1.09 bits per heavy atom. The second-order valence-corrected chi connectivity index (χ2v) is 5.37. The summed E-state index contributed by atoms with van der Waals surface area (Å²) in [7, 11) is 0. The summed E-state index contributed by atoms with van der Waals surface area (Å²) in [6.07, 6.45) is 1.47. The Hall–Kier alpha value is -2.62. The van der Waals surface area contributed by atoms with Crippen molar-refractivity contribution in [3.63, 3.8) is 0 Å². The van der Waals surface area contributed by atoms with Crippen molar-refractivity contribution in [2.45, 2.75) is 19.4 Å². The van der Waals surface area contributed by atoms with E-state index in [0.29, 0.717) is 18.5 Å². The van der Waals surface area contributed by atoms with E-state index in [0.717, 1.165) is 24.2 Å².